The first kappa shape index (κ1) is 16.7. The minimum Gasteiger partial charge on any atom is -0.467 e. The Hall–Kier alpha value is -1.69. The molecule has 1 fully saturated rings. The molecule has 1 heterocycles. The van der Waals surface area contributed by atoms with Gasteiger partial charge in [0.2, 0.25) is 5.91 Å². The molecule has 0 bridgehead atoms. The van der Waals surface area contributed by atoms with Gasteiger partial charge >= 0.3 is 0 Å². The second-order valence-corrected chi connectivity index (χ2v) is 7.39. The van der Waals surface area contributed by atoms with Crippen molar-refractivity contribution >= 4 is 5.91 Å². The largest absolute Gasteiger partial charge is 0.467 e. The Kier molecular flexibility index (Phi) is 5.34. The highest BCUT2D eigenvalue weighted by Gasteiger charge is 2.34. The summed E-state index contributed by atoms with van der Waals surface area (Å²) in [5.41, 5.74) is 0.334. The Morgan fingerprint density at radius 1 is 1.36 bits per heavy atom. The number of terminal acetylenes is 1. The van der Waals surface area contributed by atoms with E-state index in [1.54, 1.807) is 11.2 Å². The number of hydrogen-bond donors (Lipinski definition) is 0. The van der Waals surface area contributed by atoms with E-state index in [0.717, 1.165) is 31.4 Å². The number of carbonyl (C=O) groups excluding carboxylic acids is 1. The second kappa shape index (κ2) is 7.05. The second-order valence-electron chi connectivity index (χ2n) is 7.39. The molecule has 1 saturated carbocycles. The summed E-state index contributed by atoms with van der Waals surface area (Å²) in [5.74, 6) is 4.39. The Morgan fingerprint density at radius 2 is 2.05 bits per heavy atom. The number of amides is 1. The first-order valence-corrected chi connectivity index (χ1v) is 8.16. The average molecular weight is 301 g/mol. The van der Waals surface area contributed by atoms with E-state index in [1.165, 1.54) is 0 Å². The van der Waals surface area contributed by atoms with E-state index in [1.807, 2.05) is 12.1 Å². The van der Waals surface area contributed by atoms with Crippen molar-refractivity contribution < 1.29 is 9.21 Å². The molecule has 1 aromatic rings. The first-order valence-electron chi connectivity index (χ1n) is 8.16. The van der Waals surface area contributed by atoms with E-state index in [-0.39, 0.29) is 11.8 Å². The molecule has 0 radical (unpaired) electrons. The highest BCUT2D eigenvalue weighted by molar-refractivity contribution is 5.79. The summed E-state index contributed by atoms with van der Waals surface area (Å²) in [6.45, 7) is 7.69. The molecule has 2 rings (SSSR count). The van der Waals surface area contributed by atoms with Crippen molar-refractivity contribution in [2.75, 3.05) is 6.54 Å². The van der Waals surface area contributed by atoms with E-state index in [4.69, 9.17) is 10.8 Å². The van der Waals surface area contributed by atoms with Crippen molar-refractivity contribution in [3.8, 4) is 12.3 Å². The molecule has 0 atom stereocenters. The minimum absolute atomic E-state index is 0.113. The van der Waals surface area contributed by atoms with Crippen molar-refractivity contribution in [3.05, 3.63) is 24.2 Å². The monoisotopic (exact) mass is 301 g/mol. The number of hydrogen-bond acceptors (Lipinski definition) is 2. The maximum Gasteiger partial charge on any atom is 0.226 e. The van der Waals surface area contributed by atoms with Gasteiger partial charge in [-0.2, -0.15) is 0 Å². The maximum absolute atomic E-state index is 12.8. The van der Waals surface area contributed by atoms with Crippen LogP contribution in [0.15, 0.2) is 22.8 Å². The molecule has 0 aliphatic heterocycles. The Morgan fingerprint density at radius 3 is 2.55 bits per heavy atom. The molecule has 1 amide bonds. The molecule has 3 nitrogen and oxygen atoms in total. The van der Waals surface area contributed by atoms with Crippen molar-refractivity contribution in [2.45, 2.75) is 53.0 Å². The fourth-order valence-corrected chi connectivity index (χ4v) is 3.38. The van der Waals surface area contributed by atoms with Crippen LogP contribution in [0.2, 0.25) is 0 Å². The lowest BCUT2D eigenvalue weighted by molar-refractivity contribution is -0.137. The number of nitrogens with zero attached hydrogens (tertiary/aromatic N) is 1. The lowest BCUT2D eigenvalue weighted by Gasteiger charge is -2.37. The van der Waals surface area contributed by atoms with Gasteiger partial charge < -0.3 is 9.32 Å². The molecular weight excluding hydrogens is 274 g/mol. The van der Waals surface area contributed by atoms with Crippen molar-refractivity contribution in [2.24, 2.45) is 17.3 Å². The highest BCUT2D eigenvalue weighted by Crippen LogP contribution is 2.40. The van der Waals surface area contributed by atoms with Gasteiger partial charge in [0.25, 0.3) is 0 Å². The number of rotatable bonds is 4. The third-order valence-corrected chi connectivity index (χ3v) is 4.82. The van der Waals surface area contributed by atoms with Gasteiger partial charge in [-0.3, -0.25) is 4.79 Å². The quantitative estimate of drug-likeness (QED) is 0.785. The zero-order valence-electron chi connectivity index (χ0n) is 14.0. The van der Waals surface area contributed by atoms with E-state index in [9.17, 15) is 4.79 Å². The van der Waals surface area contributed by atoms with Crippen LogP contribution in [0, 0.1) is 29.6 Å². The molecule has 22 heavy (non-hydrogen) atoms. The van der Waals surface area contributed by atoms with Crippen molar-refractivity contribution in [1.82, 2.24) is 4.90 Å². The summed E-state index contributed by atoms with van der Waals surface area (Å²) in [4.78, 5) is 14.5. The van der Waals surface area contributed by atoms with Crippen LogP contribution < -0.4 is 0 Å². The fourth-order valence-electron chi connectivity index (χ4n) is 3.38. The molecule has 1 aromatic heterocycles. The minimum atomic E-state index is 0.113. The van der Waals surface area contributed by atoms with E-state index in [0.29, 0.717) is 24.4 Å². The van der Waals surface area contributed by atoms with Gasteiger partial charge in [-0.05, 0) is 49.1 Å². The molecule has 3 heteroatoms. The van der Waals surface area contributed by atoms with Crippen LogP contribution in [0.25, 0.3) is 0 Å². The lowest BCUT2D eigenvalue weighted by atomic mass is 9.69. The summed E-state index contributed by atoms with van der Waals surface area (Å²) in [6, 6.07) is 3.72. The summed E-state index contributed by atoms with van der Waals surface area (Å²) in [5, 5.41) is 0. The van der Waals surface area contributed by atoms with E-state index in [2.05, 4.69) is 26.7 Å². The van der Waals surface area contributed by atoms with Crippen LogP contribution in [0.4, 0.5) is 0 Å². The van der Waals surface area contributed by atoms with Crippen LogP contribution in [-0.2, 0) is 11.3 Å². The van der Waals surface area contributed by atoms with Gasteiger partial charge in [0, 0.05) is 5.92 Å². The first-order chi connectivity index (χ1) is 10.4. The van der Waals surface area contributed by atoms with Crippen molar-refractivity contribution in [3.63, 3.8) is 0 Å². The third-order valence-electron chi connectivity index (χ3n) is 4.82. The molecule has 0 aromatic carbocycles. The Labute approximate surface area is 134 Å². The average Bonchev–Trinajstić information content (AvgIpc) is 2.98. The predicted molar refractivity (Wildman–Crippen MR) is 87.9 cm³/mol. The zero-order valence-corrected chi connectivity index (χ0v) is 14.0. The number of carbonyl (C=O) groups is 1. The van der Waals surface area contributed by atoms with Gasteiger partial charge in [0.15, 0.2) is 0 Å². The van der Waals surface area contributed by atoms with Gasteiger partial charge in [0.1, 0.15) is 5.76 Å². The molecular formula is C19H27NO2. The van der Waals surface area contributed by atoms with Gasteiger partial charge in [-0.1, -0.05) is 26.7 Å². The van der Waals surface area contributed by atoms with Crippen LogP contribution >= 0.6 is 0 Å². The fraction of sp³-hybridized carbons (Fsp3) is 0.632. The van der Waals surface area contributed by atoms with E-state index < -0.39 is 0 Å². The van der Waals surface area contributed by atoms with Gasteiger partial charge in [-0.25, -0.2) is 0 Å². The lowest BCUT2D eigenvalue weighted by Crippen LogP contribution is -2.38. The predicted octanol–water partition coefficient (Wildman–Crippen LogP) is 4.09. The zero-order chi connectivity index (χ0) is 16.2. The topological polar surface area (TPSA) is 33.5 Å². The summed E-state index contributed by atoms with van der Waals surface area (Å²) in [7, 11) is 0. The molecule has 0 N–H and O–H groups in total. The molecule has 0 saturated heterocycles. The van der Waals surface area contributed by atoms with Crippen LogP contribution in [0.3, 0.4) is 0 Å². The SMILES string of the molecule is C#CCN(Cc1ccco1)C(=O)C1CCC(C(C)(C)C)CC1. The molecule has 1 aliphatic carbocycles. The van der Waals surface area contributed by atoms with Crippen LogP contribution in [0.1, 0.15) is 52.2 Å². The summed E-state index contributed by atoms with van der Waals surface area (Å²) in [6.07, 6.45) is 11.3. The van der Waals surface area contributed by atoms with Gasteiger partial charge in [0.05, 0.1) is 19.4 Å². The Balaban J connectivity index is 1.95. The summed E-state index contributed by atoms with van der Waals surface area (Å²) >= 11 is 0. The van der Waals surface area contributed by atoms with E-state index >= 15 is 0 Å². The molecule has 1 aliphatic rings. The smallest absolute Gasteiger partial charge is 0.226 e. The maximum atomic E-state index is 12.8. The Bertz CT molecular complexity index is 511. The summed E-state index contributed by atoms with van der Waals surface area (Å²) < 4.78 is 5.35. The molecule has 0 unspecified atom stereocenters. The molecule has 120 valence electrons. The van der Waals surface area contributed by atoms with Crippen molar-refractivity contribution in [1.29, 1.82) is 0 Å². The van der Waals surface area contributed by atoms with Gasteiger partial charge in [-0.15, -0.1) is 6.42 Å². The normalized spacial score (nSPS) is 22.1. The van der Waals surface area contributed by atoms with Crippen LogP contribution in [0.5, 0.6) is 0 Å². The van der Waals surface area contributed by atoms with Crippen LogP contribution in [-0.4, -0.2) is 17.4 Å². The highest BCUT2D eigenvalue weighted by atomic mass is 16.3. The standard InChI is InChI=1S/C19H27NO2/c1-5-12-20(14-17-7-6-13-22-17)18(21)15-8-10-16(11-9-15)19(2,3)4/h1,6-7,13,15-16H,8-12,14H2,2-4H3. The third kappa shape index (κ3) is 4.16. The molecule has 0 spiro atoms. The number of furan rings is 1.